The first-order chi connectivity index (χ1) is 15.3. The lowest BCUT2D eigenvalue weighted by molar-refractivity contribution is -0.135. The summed E-state index contributed by atoms with van der Waals surface area (Å²) >= 11 is 0. The summed E-state index contributed by atoms with van der Waals surface area (Å²) in [5, 5.41) is 0. The molecule has 2 aliphatic rings. The predicted molar refractivity (Wildman–Crippen MR) is 121 cm³/mol. The number of aromatic nitrogens is 2. The molecule has 0 N–H and O–H groups in total. The van der Waals surface area contributed by atoms with Crippen molar-refractivity contribution in [1.29, 1.82) is 0 Å². The summed E-state index contributed by atoms with van der Waals surface area (Å²) in [7, 11) is 0. The number of fused-ring (bicyclic) bond motifs is 1. The molecule has 32 heavy (non-hydrogen) atoms. The van der Waals surface area contributed by atoms with Gasteiger partial charge in [-0.05, 0) is 50.3 Å². The summed E-state index contributed by atoms with van der Waals surface area (Å²) < 4.78 is 13.2. The molecule has 0 spiro atoms. The first kappa shape index (κ1) is 22.4. The summed E-state index contributed by atoms with van der Waals surface area (Å²) in [5.74, 6) is 1.44. The molecule has 170 valence electrons. The fraction of sp³-hybridized carbons (Fsp3) is 0.520. The topological polar surface area (TPSA) is 66.4 Å². The fourth-order valence-corrected chi connectivity index (χ4v) is 4.66. The second-order valence-corrected chi connectivity index (χ2v) is 9.17. The van der Waals surface area contributed by atoms with Crippen LogP contribution in [-0.4, -0.2) is 46.3 Å². The minimum atomic E-state index is -0.265. The molecule has 1 aromatic heterocycles. The Hall–Kier alpha value is -2.83. The third-order valence-corrected chi connectivity index (χ3v) is 6.48. The van der Waals surface area contributed by atoms with Crippen LogP contribution in [0.5, 0.6) is 0 Å². The molecule has 4 rings (SSSR count). The molecule has 1 aromatic carbocycles. The number of hydrogen-bond acceptors (Lipinski definition) is 4. The van der Waals surface area contributed by atoms with Crippen molar-refractivity contribution < 1.29 is 14.0 Å². The molecule has 7 heteroatoms. The average Bonchev–Trinajstić information content (AvgIpc) is 2.79. The lowest BCUT2D eigenvalue weighted by atomic mass is 9.95. The van der Waals surface area contributed by atoms with Crippen molar-refractivity contribution in [1.82, 2.24) is 14.9 Å². The van der Waals surface area contributed by atoms with E-state index in [1.54, 1.807) is 17.0 Å². The minimum Gasteiger partial charge on any atom is -0.342 e. The van der Waals surface area contributed by atoms with E-state index in [1.807, 2.05) is 25.7 Å². The Kier molecular flexibility index (Phi) is 6.53. The number of anilines is 1. The van der Waals surface area contributed by atoms with Crippen LogP contribution >= 0.6 is 0 Å². The van der Waals surface area contributed by atoms with E-state index in [-0.39, 0.29) is 29.5 Å². The van der Waals surface area contributed by atoms with E-state index >= 15 is 0 Å². The van der Waals surface area contributed by atoms with Gasteiger partial charge in [0.2, 0.25) is 11.8 Å². The summed E-state index contributed by atoms with van der Waals surface area (Å²) in [6, 6.07) is 6.39. The number of aryl methyl sites for hydroxylation is 1. The molecule has 0 radical (unpaired) electrons. The number of carbonyl (C=O) groups excluding carboxylic acids is 2. The van der Waals surface area contributed by atoms with E-state index in [4.69, 9.17) is 9.97 Å². The largest absolute Gasteiger partial charge is 0.342 e. The van der Waals surface area contributed by atoms with Gasteiger partial charge in [-0.15, -0.1) is 0 Å². The number of halogens is 1. The molecular weight excluding hydrogens is 407 g/mol. The zero-order valence-electron chi connectivity index (χ0n) is 19.1. The van der Waals surface area contributed by atoms with E-state index in [9.17, 15) is 14.0 Å². The SMILES string of the molecule is Cc1nc([C@H]2CCCN(C(=O)C(C)C)C2)nc2c1CCC(=O)N2CCc1ccc(F)cc1. The summed E-state index contributed by atoms with van der Waals surface area (Å²) in [4.78, 5) is 38.7. The Morgan fingerprint density at radius 2 is 1.94 bits per heavy atom. The summed E-state index contributed by atoms with van der Waals surface area (Å²) in [6.07, 6.45) is 3.58. The summed E-state index contributed by atoms with van der Waals surface area (Å²) in [5.41, 5.74) is 2.92. The third kappa shape index (κ3) is 4.66. The minimum absolute atomic E-state index is 0.0282. The van der Waals surface area contributed by atoms with Crippen molar-refractivity contribution in [2.24, 2.45) is 5.92 Å². The molecule has 2 aromatic rings. The van der Waals surface area contributed by atoms with Crippen LogP contribution in [0.3, 0.4) is 0 Å². The first-order valence-electron chi connectivity index (χ1n) is 11.5. The lowest BCUT2D eigenvalue weighted by Gasteiger charge is -2.34. The number of carbonyl (C=O) groups is 2. The Bertz CT molecular complexity index is 1010. The van der Waals surface area contributed by atoms with Gasteiger partial charge in [0.05, 0.1) is 0 Å². The molecule has 0 saturated carbocycles. The highest BCUT2D eigenvalue weighted by Crippen LogP contribution is 2.32. The highest BCUT2D eigenvalue weighted by atomic mass is 19.1. The fourth-order valence-electron chi connectivity index (χ4n) is 4.66. The van der Waals surface area contributed by atoms with E-state index in [1.165, 1.54) is 12.1 Å². The molecule has 0 unspecified atom stereocenters. The van der Waals surface area contributed by atoms with Crippen molar-refractivity contribution >= 4 is 17.6 Å². The number of likely N-dealkylation sites (tertiary alicyclic amines) is 1. The van der Waals surface area contributed by atoms with Gasteiger partial charge in [0, 0.05) is 49.1 Å². The lowest BCUT2D eigenvalue weighted by Crippen LogP contribution is -2.42. The highest BCUT2D eigenvalue weighted by Gasteiger charge is 2.32. The monoisotopic (exact) mass is 438 g/mol. The standard InChI is InChI=1S/C25H31FN4O2/c1-16(2)25(32)29-13-4-5-19(15-29)23-27-17(3)21-10-11-22(31)30(24(21)28-23)14-12-18-6-8-20(26)9-7-18/h6-9,16,19H,4-5,10-15H2,1-3H3/t19-/m0/s1. The van der Waals surface area contributed by atoms with Gasteiger partial charge in [-0.3, -0.25) is 14.5 Å². The van der Waals surface area contributed by atoms with Crippen LogP contribution in [0.15, 0.2) is 24.3 Å². The van der Waals surface area contributed by atoms with Gasteiger partial charge in [-0.1, -0.05) is 26.0 Å². The molecule has 2 amide bonds. The maximum Gasteiger partial charge on any atom is 0.228 e. The van der Waals surface area contributed by atoms with Crippen molar-refractivity contribution in [2.45, 2.75) is 58.8 Å². The van der Waals surface area contributed by atoms with Crippen molar-refractivity contribution in [2.75, 3.05) is 24.5 Å². The maximum absolute atomic E-state index is 13.2. The zero-order chi connectivity index (χ0) is 22.8. The van der Waals surface area contributed by atoms with Crippen molar-refractivity contribution in [3.63, 3.8) is 0 Å². The van der Waals surface area contributed by atoms with Crippen LogP contribution in [0.4, 0.5) is 10.2 Å². The first-order valence-corrected chi connectivity index (χ1v) is 11.5. The predicted octanol–water partition coefficient (Wildman–Crippen LogP) is 3.81. The van der Waals surface area contributed by atoms with Crippen molar-refractivity contribution in [3.8, 4) is 0 Å². The Balaban J connectivity index is 1.58. The Labute approximate surface area is 188 Å². The smallest absolute Gasteiger partial charge is 0.228 e. The number of nitrogens with zero attached hydrogens (tertiary/aromatic N) is 4. The molecule has 0 aliphatic carbocycles. The van der Waals surface area contributed by atoms with Gasteiger partial charge in [-0.25, -0.2) is 14.4 Å². The number of benzene rings is 1. The van der Waals surface area contributed by atoms with E-state index < -0.39 is 0 Å². The second kappa shape index (κ2) is 9.35. The number of piperidine rings is 1. The third-order valence-electron chi connectivity index (χ3n) is 6.48. The van der Waals surface area contributed by atoms with Crippen LogP contribution in [0.1, 0.15) is 61.7 Å². The Morgan fingerprint density at radius 3 is 2.66 bits per heavy atom. The van der Waals surface area contributed by atoms with Crippen LogP contribution in [0, 0.1) is 18.7 Å². The molecule has 1 saturated heterocycles. The van der Waals surface area contributed by atoms with Crippen LogP contribution in [0.25, 0.3) is 0 Å². The number of rotatable bonds is 5. The normalized spacial score (nSPS) is 18.8. The quantitative estimate of drug-likeness (QED) is 0.712. The van der Waals surface area contributed by atoms with E-state index in [0.717, 1.165) is 42.0 Å². The molecule has 1 fully saturated rings. The number of hydrogen-bond donors (Lipinski definition) is 0. The van der Waals surface area contributed by atoms with Gasteiger partial charge < -0.3 is 4.90 Å². The molecular formula is C25H31FN4O2. The van der Waals surface area contributed by atoms with Gasteiger partial charge in [-0.2, -0.15) is 0 Å². The van der Waals surface area contributed by atoms with Gasteiger partial charge >= 0.3 is 0 Å². The molecule has 6 nitrogen and oxygen atoms in total. The van der Waals surface area contributed by atoms with Gasteiger partial charge in [0.15, 0.2) is 0 Å². The van der Waals surface area contributed by atoms with E-state index in [0.29, 0.717) is 38.2 Å². The Morgan fingerprint density at radius 1 is 1.19 bits per heavy atom. The zero-order valence-corrected chi connectivity index (χ0v) is 19.1. The second-order valence-electron chi connectivity index (χ2n) is 9.17. The van der Waals surface area contributed by atoms with Crippen LogP contribution in [0.2, 0.25) is 0 Å². The molecule has 0 bridgehead atoms. The van der Waals surface area contributed by atoms with Crippen LogP contribution in [-0.2, 0) is 22.4 Å². The number of amides is 2. The molecule has 2 aliphatic heterocycles. The average molecular weight is 439 g/mol. The van der Waals surface area contributed by atoms with Crippen LogP contribution < -0.4 is 4.90 Å². The maximum atomic E-state index is 13.2. The molecule has 1 atom stereocenters. The summed E-state index contributed by atoms with van der Waals surface area (Å²) in [6.45, 7) is 7.73. The van der Waals surface area contributed by atoms with Gasteiger partial charge in [0.25, 0.3) is 0 Å². The highest BCUT2D eigenvalue weighted by molar-refractivity contribution is 5.95. The van der Waals surface area contributed by atoms with Crippen molar-refractivity contribution in [3.05, 3.63) is 52.7 Å². The molecule has 3 heterocycles. The van der Waals surface area contributed by atoms with E-state index in [2.05, 4.69) is 0 Å². The van der Waals surface area contributed by atoms with Gasteiger partial charge in [0.1, 0.15) is 17.5 Å².